The summed E-state index contributed by atoms with van der Waals surface area (Å²) in [5, 5.41) is 0. The van der Waals surface area contributed by atoms with Crippen LogP contribution in [-0.2, 0) is 28.1 Å². The molecule has 0 saturated carbocycles. The Morgan fingerprint density at radius 1 is 0.905 bits per heavy atom. The molecule has 0 fully saturated rings. The topological polar surface area (TPSA) is 0 Å². The van der Waals surface area contributed by atoms with Crippen LogP contribution in [0.1, 0.15) is 17.5 Å². The van der Waals surface area contributed by atoms with Crippen molar-refractivity contribution in [2.75, 3.05) is 0 Å². The number of hydrogen-bond donors (Lipinski definition) is 0. The zero-order valence-corrected chi connectivity index (χ0v) is 16.2. The van der Waals surface area contributed by atoms with Gasteiger partial charge in [-0.2, -0.15) is 35.9 Å². The first kappa shape index (κ1) is 20.6. The van der Waals surface area contributed by atoms with E-state index in [9.17, 15) is 0 Å². The molecule has 0 nitrogen and oxygen atoms in total. The van der Waals surface area contributed by atoms with Gasteiger partial charge in [0, 0.05) is 0 Å². The van der Waals surface area contributed by atoms with Gasteiger partial charge in [-0.3, -0.25) is 6.08 Å². The summed E-state index contributed by atoms with van der Waals surface area (Å²) < 4.78 is 0. The molecule has 0 bridgehead atoms. The molecule has 104 valence electrons. The molecule has 2 aliphatic rings. The average Bonchev–Trinajstić information content (AvgIpc) is 3.10. The number of fused-ring (bicyclic) bond motifs is 3. The van der Waals surface area contributed by atoms with Crippen LogP contribution in [0.5, 0.6) is 0 Å². The molecule has 0 saturated heterocycles. The molecular weight excluding hydrogens is 424 g/mol. The van der Waals surface area contributed by atoms with E-state index in [1.54, 1.807) is 0 Å². The molecule has 0 radical (unpaired) electrons. The van der Waals surface area contributed by atoms with E-state index in [0.717, 1.165) is 12.8 Å². The van der Waals surface area contributed by atoms with Gasteiger partial charge in [0.05, 0.1) is 0 Å². The molecule has 0 unspecified atom stereocenters. The number of allylic oxidation sites excluding steroid dienone is 4. The molecule has 0 aromatic heterocycles. The third-order valence-corrected chi connectivity index (χ3v) is 3.20. The summed E-state index contributed by atoms with van der Waals surface area (Å²) in [6.45, 7) is 0. The molecule has 0 spiro atoms. The van der Waals surface area contributed by atoms with E-state index in [1.165, 1.54) is 22.3 Å². The molecule has 0 N–H and O–H groups in total. The Balaban J connectivity index is 0.000000437. The summed E-state index contributed by atoms with van der Waals surface area (Å²) >= 11 is 0. The Kier molecular flexibility index (Phi) is 10.1. The number of hydrogen-bond acceptors (Lipinski definition) is 0. The van der Waals surface area contributed by atoms with E-state index in [1.807, 2.05) is 18.2 Å². The number of benzene rings is 2. The normalized spacial score (nSPS) is 11.8. The smallest absolute Gasteiger partial charge is 1.00 e. The van der Waals surface area contributed by atoms with Gasteiger partial charge in [-0.1, -0.05) is 35.4 Å². The predicted molar refractivity (Wildman–Crippen MR) is 75.1 cm³/mol. The second-order valence-corrected chi connectivity index (χ2v) is 4.40. The van der Waals surface area contributed by atoms with Gasteiger partial charge in [-0.05, 0) is 6.42 Å². The molecule has 0 heterocycles. The minimum Gasteiger partial charge on any atom is -1.00 e. The average molecular weight is 438 g/mol. The largest absolute Gasteiger partial charge is 4.00 e. The van der Waals surface area contributed by atoms with E-state index >= 15 is 0 Å². The van der Waals surface area contributed by atoms with Crippen LogP contribution in [0.3, 0.4) is 0 Å². The van der Waals surface area contributed by atoms with Gasteiger partial charge in [-0.15, -0.1) is 12.0 Å². The van der Waals surface area contributed by atoms with Crippen molar-refractivity contribution in [1.29, 1.82) is 0 Å². The zero-order valence-electron chi connectivity index (χ0n) is 11.4. The van der Waals surface area contributed by atoms with Crippen molar-refractivity contribution in [3.05, 3.63) is 84.0 Å². The van der Waals surface area contributed by atoms with Crippen LogP contribution in [0, 0.1) is 12.1 Å². The van der Waals surface area contributed by atoms with Gasteiger partial charge in [0.2, 0.25) is 0 Å². The SMILES string of the molecule is [Br-].[Br-].[C-]1=CC=CC1.[Ti+4].[c-]1cccc2c1Cc1ccccc1-2. The first-order valence-electron chi connectivity index (χ1n) is 6.25. The van der Waals surface area contributed by atoms with Gasteiger partial charge in [0.25, 0.3) is 0 Å². The van der Waals surface area contributed by atoms with Crippen molar-refractivity contribution in [3.63, 3.8) is 0 Å². The Morgan fingerprint density at radius 3 is 2.33 bits per heavy atom. The maximum absolute atomic E-state index is 3.30. The third kappa shape index (κ3) is 5.07. The van der Waals surface area contributed by atoms with Gasteiger partial charge in [-0.25, -0.2) is 12.2 Å². The van der Waals surface area contributed by atoms with E-state index in [-0.39, 0.29) is 55.7 Å². The van der Waals surface area contributed by atoms with Crippen LogP contribution < -0.4 is 34.0 Å². The minimum atomic E-state index is 0. The first-order chi connectivity index (χ1) is 8.95. The molecule has 0 amide bonds. The summed E-state index contributed by atoms with van der Waals surface area (Å²) in [4.78, 5) is 0. The van der Waals surface area contributed by atoms with Crippen LogP contribution in [0.25, 0.3) is 11.1 Å². The molecule has 21 heavy (non-hydrogen) atoms. The molecule has 0 aliphatic heterocycles. The van der Waals surface area contributed by atoms with Crippen LogP contribution in [0.2, 0.25) is 0 Å². The molecule has 2 aromatic carbocycles. The Morgan fingerprint density at radius 2 is 1.67 bits per heavy atom. The van der Waals surface area contributed by atoms with Crippen molar-refractivity contribution in [3.8, 4) is 11.1 Å². The van der Waals surface area contributed by atoms with Crippen LogP contribution in [0.4, 0.5) is 0 Å². The second-order valence-electron chi connectivity index (χ2n) is 4.40. The van der Waals surface area contributed by atoms with Crippen LogP contribution >= 0.6 is 0 Å². The fraction of sp³-hybridized carbons (Fsp3) is 0.111. The summed E-state index contributed by atoms with van der Waals surface area (Å²) in [6, 6.07) is 18.1. The monoisotopic (exact) mass is 436 g/mol. The third-order valence-electron chi connectivity index (χ3n) is 3.20. The fourth-order valence-electron chi connectivity index (χ4n) is 2.34. The number of rotatable bonds is 0. The first-order valence-corrected chi connectivity index (χ1v) is 6.25. The molecule has 4 rings (SSSR count). The van der Waals surface area contributed by atoms with Gasteiger partial charge in [0.15, 0.2) is 0 Å². The Bertz CT molecular complexity index is 565. The Hall–Kier alpha value is -0.406. The summed E-state index contributed by atoms with van der Waals surface area (Å²) in [5.41, 5.74) is 5.51. The van der Waals surface area contributed by atoms with E-state index in [2.05, 4.69) is 54.6 Å². The van der Waals surface area contributed by atoms with Crippen LogP contribution in [0.15, 0.2) is 60.7 Å². The van der Waals surface area contributed by atoms with E-state index in [0.29, 0.717) is 0 Å². The van der Waals surface area contributed by atoms with Crippen molar-refractivity contribution >= 4 is 0 Å². The minimum absolute atomic E-state index is 0. The molecule has 2 aliphatic carbocycles. The predicted octanol–water partition coefficient (Wildman–Crippen LogP) is -1.63. The summed E-state index contributed by atoms with van der Waals surface area (Å²) in [7, 11) is 0. The van der Waals surface area contributed by atoms with Crippen molar-refractivity contribution in [2.24, 2.45) is 0 Å². The molecular formula is C18H14Br2Ti. The van der Waals surface area contributed by atoms with Crippen molar-refractivity contribution in [2.45, 2.75) is 12.8 Å². The molecule has 2 aromatic rings. The molecule has 0 atom stereocenters. The van der Waals surface area contributed by atoms with E-state index in [4.69, 9.17) is 0 Å². The summed E-state index contributed by atoms with van der Waals surface area (Å²) in [5.74, 6) is 0. The zero-order chi connectivity index (χ0) is 12.2. The Labute approximate surface area is 162 Å². The molecule has 3 heteroatoms. The summed E-state index contributed by atoms with van der Waals surface area (Å²) in [6.07, 6.45) is 11.0. The number of halogens is 2. The van der Waals surface area contributed by atoms with Crippen molar-refractivity contribution < 1.29 is 55.7 Å². The second kappa shape index (κ2) is 10.3. The van der Waals surface area contributed by atoms with Crippen LogP contribution in [-0.4, -0.2) is 0 Å². The maximum Gasteiger partial charge on any atom is 4.00 e. The standard InChI is InChI=1S/C13H9.C5H5.2BrH.Ti/c1-3-7-12-10(5-1)9-11-6-2-4-8-13(11)12;1-2-4-5-3-1;;;/h1-5,7-8H,9H2;1-3H,4H2;2*1H;/q2*-1;;;+4/p-2. The van der Waals surface area contributed by atoms with Crippen molar-refractivity contribution in [1.82, 2.24) is 0 Å². The van der Waals surface area contributed by atoms with Gasteiger partial charge >= 0.3 is 21.7 Å². The van der Waals surface area contributed by atoms with Gasteiger partial charge in [0.1, 0.15) is 0 Å². The van der Waals surface area contributed by atoms with Gasteiger partial charge < -0.3 is 34.0 Å². The fourth-order valence-corrected chi connectivity index (χ4v) is 2.34. The maximum atomic E-state index is 3.30. The van der Waals surface area contributed by atoms with E-state index < -0.39 is 0 Å². The quantitative estimate of drug-likeness (QED) is 0.293.